The molecule has 1 rings (SSSR count). The lowest BCUT2D eigenvalue weighted by Crippen LogP contribution is -2.48. The molecule has 1 saturated heterocycles. The molecule has 0 aliphatic carbocycles. The van der Waals surface area contributed by atoms with Gasteiger partial charge in [0.25, 0.3) is 0 Å². The van der Waals surface area contributed by atoms with Crippen molar-refractivity contribution >= 4 is 5.84 Å². The van der Waals surface area contributed by atoms with Crippen molar-refractivity contribution < 1.29 is 13.2 Å². The Labute approximate surface area is 100 Å². The Kier molecular flexibility index (Phi) is 4.80. The van der Waals surface area contributed by atoms with Crippen LogP contribution in [0.1, 0.15) is 13.8 Å². The highest BCUT2D eigenvalue weighted by molar-refractivity contribution is 5.84. The Bertz CT molecular complexity index is 266. The minimum atomic E-state index is -4.22. The summed E-state index contributed by atoms with van der Waals surface area (Å²) in [4.78, 5) is 7.88. The number of alkyl halides is 3. The second kappa shape index (κ2) is 5.71. The van der Waals surface area contributed by atoms with Gasteiger partial charge in [-0.05, 0) is 7.05 Å². The van der Waals surface area contributed by atoms with E-state index >= 15 is 0 Å². The lowest BCUT2D eigenvalue weighted by atomic mass is 10.1. The number of amidine groups is 1. The Balaban J connectivity index is 2.66. The molecule has 1 aliphatic rings. The van der Waals surface area contributed by atoms with Crippen molar-refractivity contribution in [2.75, 3.05) is 39.8 Å². The number of rotatable bonds is 2. The summed E-state index contributed by atoms with van der Waals surface area (Å²) >= 11 is 0. The molecular formula is C11H20F3N3. The first-order chi connectivity index (χ1) is 7.79. The van der Waals surface area contributed by atoms with Crippen LogP contribution in [-0.2, 0) is 0 Å². The van der Waals surface area contributed by atoms with Gasteiger partial charge in [-0.15, -0.1) is 0 Å². The number of likely N-dealkylation sites (N-methyl/N-ethyl adjacent to an activating group) is 1. The monoisotopic (exact) mass is 251 g/mol. The molecule has 0 radical (unpaired) electrons. The number of aliphatic imine (C=N–C) groups is 1. The molecule has 100 valence electrons. The van der Waals surface area contributed by atoms with Gasteiger partial charge in [0.1, 0.15) is 12.4 Å². The molecule has 3 nitrogen and oxygen atoms in total. The normalized spacial score (nSPS) is 20.2. The van der Waals surface area contributed by atoms with Crippen molar-refractivity contribution in [3.63, 3.8) is 0 Å². The molecule has 17 heavy (non-hydrogen) atoms. The maximum Gasteiger partial charge on any atom is 0.408 e. The number of hydrogen-bond acceptors (Lipinski definition) is 2. The van der Waals surface area contributed by atoms with Crippen LogP contribution >= 0.6 is 0 Å². The third-order valence-electron chi connectivity index (χ3n) is 2.76. The molecule has 0 spiro atoms. The predicted octanol–water partition coefficient (Wildman–Crippen LogP) is 1.85. The van der Waals surface area contributed by atoms with Crippen molar-refractivity contribution in [1.29, 1.82) is 0 Å². The van der Waals surface area contributed by atoms with E-state index in [9.17, 15) is 13.2 Å². The van der Waals surface area contributed by atoms with Crippen LogP contribution in [0.2, 0.25) is 0 Å². The van der Waals surface area contributed by atoms with Crippen LogP contribution in [0, 0.1) is 5.92 Å². The van der Waals surface area contributed by atoms with Gasteiger partial charge in [0.05, 0.1) is 0 Å². The summed E-state index contributed by atoms with van der Waals surface area (Å²) in [5.74, 6) is 0.608. The minimum absolute atomic E-state index is 0.0285. The van der Waals surface area contributed by atoms with Crippen molar-refractivity contribution in [3.05, 3.63) is 0 Å². The highest BCUT2D eigenvalue weighted by Crippen LogP contribution is 2.16. The molecule has 0 aromatic rings. The summed E-state index contributed by atoms with van der Waals surface area (Å²) in [6.07, 6.45) is -4.22. The van der Waals surface area contributed by atoms with E-state index in [0.29, 0.717) is 5.84 Å². The third kappa shape index (κ3) is 4.93. The van der Waals surface area contributed by atoms with Crippen LogP contribution in [0.5, 0.6) is 0 Å². The minimum Gasteiger partial charge on any atom is -0.358 e. The number of nitrogens with zero attached hydrogens (tertiary/aromatic N) is 3. The van der Waals surface area contributed by atoms with E-state index in [1.807, 2.05) is 25.8 Å². The van der Waals surface area contributed by atoms with E-state index in [1.54, 1.807) is 0 Å². The molecule has 0 N–H and O–H groups in total. The number of halogens is 3. The van der Waals surface area contributed by atoms with E-state index in [1.165, 1.54) is 0 Å². The van der Waals surface area contributed by atoms with Crippen LogP contribution in [-0.4, -0.2) is 61.6 Å². The van der Waals surface area contributed by atoms with Gasteiger partial charge < -0.3 is 9.80 Å². The Hall–Kier alpha value is -0.780. The molecule has 0 aromatic heterocycles. The molecule has 1 heterocycles. The lowest BCUT2D eigenvalue weighted by molar-refractivity contribution is -0.118. The smallest absolute Gasteiger partial charge is 0.358 e. The second-order valence-corrected chi connectivity index (χ2v) is 4.73. The number of piperazine rings is 1. The summed E-state index contributed by atoms with van der Waals surface area (Å²) in [5, 5.41) is 0. The van der Waals surface area contributed by atoms with Gasteiger partial charge in [-0.2, -0.15) is 13.2 Å². The first kappa shape index (κ1) is 14.3. The van der Waals surface area contributed by atoms with Crippen molar-refractivity contribution in [2.45, 2.75) is 20.0 Å². The fourth-order valence-corrected chi connectivity index (χ4v) is 1.85. The Morgan fingerprint density at radius 3 is 2.12 bits per heavy atom. The Morgan fingerprint density at radius 1 is 1.18 bits per heavy atom. The van der Waals surface area contributed by atoms with Crippen LogP contribution in [0.3, 0.4) is 0 Å². The second-order valence-electron chi connectivity index (χ2n) is 4.73. The average Bonchev–Trinajstić information content (AvgIpc) is 2.18. The predicted molar refractivity (Wildman–Crippen MR) is 62.3 cm³/mol. The third-order valence-corrected chi connectivity index (χ3v) is 2.76. The van der Waals surface area contributed by atoms with Crippen molar-refractivity contribution in [3.8, 4) is 0 Å². The van der Waals surface area contributed by atoms with Crippen LogP contribution in [0.4, 0.5) is 13.2 Å². The quantitative estimate of drug-likeness (QED) is 0.551. The molecule has 0 saturated carbocycles. The zero-order chi connectivity index (χ0) is 13.1. The molecule has 0 aromatic carbocycles. The van der Waals surface area contributed by atoms with E-state index in [4.69, 9.17) is 0 Å². The summed E-state index contributed by atoms with van der Waals surface area (Å²) in [6, 6.07) is 0. The summed E-state index contributed by atoms with van der Waals surface area (Å²) in [7, 11) is 2.01. The largest absolute Gasteiger partial charge is 0.408 e. The van der Waals surface area contributed by atoms with E-state index < -0.39 is 12.7 Å². The van der Waals surface area contributed by atoms with Crippen LogP contribution in [0.15, 0.2) is 4.99 Å². The number of hydrogen-bond donors (Lipinski definition) is 0. The first-order valence-electron chi connectivity index (χ1n) is 5.84. The molecule has 0 atom stereocenters. The van der Waals surface area contributed by atoms with Crippen molar-refractivity contribution in [2.24, 2.45) is 10.9 Å². The summed E-state index contributed by atoms with van der Waals surface area (Å²) in [5.41, 5.74) is 0. The van der Waals surface area contributed by atoms with Crippen LogP contribution in [0.25, 0.3) is 0 Å². The van der Waals surface area contributed by atoms with Gasteiger partial charge in [-0.3, -0.25) is 4.99 Å². The van der Waals surface area contributed by atoms with Gasteiger partial charge in [0, 0.05) is 32.1 Å². The molecule has 6 heteroatoms. The standard InChI is InChI=1S/C11H20F3N3/c1-9(2)10(15-8-11(12,13)14)17-6-4-16(3)5-7-17/h9H,4-8H2,1-3H3. The van der Waals surface area contributed by atoms with Gasteiger partial charge in [-0.25, -0.2) is 0 Å². The first-order valence-corrected chi connectivity index (χ1v) is 5.84. The average molecular weight is 251 g/mol. The highest BCUT2D eigenvalue weighted by Gasteiger charge is 2.28. The van der Waals surface area contributed by atoms with Gasteiger partial charge in [0.2, 0.25) is 0 Å². The maximum atomic E-state index is 12.2. The molecule has 1 aliphatic heterocycles. The van der Waals surface area contributed by atoms with E-state index in [0.717, 1.165) is 26.2 Å². The summed E-state index contributed by atoms with van der Waals surface area (Å²) in [6.45, 7) is 5.94. The lowest BCUT2D eigenvalue weighted by Gasteiger charge is -2.36. The molecule has 0 amide bonds. The van der Waals surface area contributed by atoms with E-state index in [2.05, 4.69) is 9.89 Å². The fraction of sp³-hybridized carbons (Fsp3) is 0.909. The molecule has 0 bridgehead atoms. The Morgan fingerprint density at radius 2 is 1.71 bits per heavy atom. The maximum absolute atomic E-state index is 12.2. The van der Waals surface area contributed by atoms with Crippen LogP contribution < -0.4 is 0 Å². The zero-order valence-electron chi connectivity index (χ0n) is 10.6. The van der Waals surface area contributed by atoms with Gasteiger partial charge in [-0.1, -0.05) is 13.8 Å². The molecule has 1 fully saturated rings. The van der Waals surface area contributed by atoms with E-state index in [-0.39, 0.29) is 5.92 Å². The van der Waals surface area contributed by atoms with Gasteiger partial charge in [0.15, 0.2) is 0 Å². The molecule has 0 unspecified atom stereocenters. The summed E-state index contributed by atoms with van der Waals surface area (Å²) < 4.78 is 36.5. The van der Waals surface area contributed by atoms with Gasteiger partial charge >= 0.3 is 6.18 Å². The highest BCUT2D eigenvalue weighted by atomic mass is 19.4. The topological polar surface area (TPSA) is 18.8 Å². The zero-order valence-corrected chi connectivity index (χ0v) is 10.6. The fourth-order valence-electron chi connectivity index (χ4n) is 1.85. The molecular weight excluding hydrogens is 231 g/mol. The van der Waals surface area contributed by atoms with Crippen molar-refractivity contribution in [1.82, 2.24) is 9.80 Å². The SMILES string of the molecule is CC(C)C(=NCC(F)(F)F)N1CCN(C)CC1.